The van der Waals surface area contributed by atoms with Crippen LogP contribution in [0.3, 0.4) is 0 Å². The SMILES string of the molecule is Cc1cnc(NCc2ccc(C#N)cc2F)c(Br)c1. The molecule has 1 aromatic carbocycles. The molecule has 0 saturated heterocycles. The number of hydrogen-bond donors (Lipinski definition) is 1. The lowest BCUT2D eigenvalue weighted by Gasteiger charge is -2.09. The monoisotopic (exact) mass is 319 g/mol. The molecule has 3 nitrogen and oxygen atoms in total. The summed E-state index contributed by atoms with van der Waals surface area (Å²) in [4.78, 5) is 4.22. The van der Waals surface area contributed by atoms with E-state index in [1.54, 1.807) is 18.3 Å². The molecule has 0 aliphatic carbocycles. The summed E-state index contributed by atoms with van der Waals surface area (Å²) in [7, 11) is 0. The van der Waals surface area contributed by atoms with Crippen molar-refractivity contribution in [3.05, 3.63) is 57.4 Å². The van der Waals surface area contributed by atoms with Crippen LogP contribution in [0.1, 0.15) is 16.7 Å². The fourth-order valence-corrected chi connectivity index (χ4v) is 2.21. The van der Waals surface area contributed by atoms with Crippen molar-refractivity contribution in [2.45, 2.75) is 13.5 Å². The summed E-state index contributed by atoms with van der Waals surface area (Å²) in [6, 6.07) is 8.26. The Hall–Kier alpha value is -1.93. The highest BCUT2D eigenvalue weighted by Crippen LogP contribution is 2.21. The molecule has 0 radical (unpaired) electrons. The molecule has 0 aliphatic rings. The zero-order valence-corrected chi connectivity index (χ0v) is 11.8. The second-order valence-electron chi connectivity index (χ2n) is 4.11. The lowest BCUT2D eigenvalue weighted by molar-refractivity contribution is 0.612. The number of rotatable bonds is 3. The van der Waals surface area contributed by atoms with Crippen LogP contribution in [-0.4, -0.2) is 4.98 Å². The van der Waals surface area contributed by atoms with Gasteiger partial charge in [0.15, 0.2) is 0 Å². The van der Waals surface area contributed by atoms with Crippen LogP contribution in [-0.2, 0) is 6.54 Å². The number of benzene rings is 1. The van der Waals surface area contributed by atoms with Crippen LogP contribution in [0.2, 0.25) is 0 Å². The van der Waals surface area contributed by atoms with Gasteiger partial charge >= 0.3 is 0 Å². The molecule has 0 atom stereocenters. The van der Waals surface area contributed by atoms with Crippen LogP contribution < -0.4 is 5.32 Å². The van der Waals surface area contributed by atoms with Crippen molar-refractivity contribution < 1.29 is 4.39 Å². The minimum atomic E-state index is -0.394. The van der Waals surface area contributed by atoms with Gasteiger partial charge in [-0.3, -0.25) is 0 Å². The number of halogens is 2. The van der Waals surface area contributed by atoms with E-state index in [0.717, 1.165) is 10.0 Å². The molecule has 1 aromatic heterocycles. The molecule has 0 spiro atoms. The lowest BCUT2D eigenvalue weighted by Crippen LogP contribution is -2.04. The standard InChI is InChI=1S/C14H11BrFN3/c1-9-4-12(15)14(18-7-9)19-8-11-3-2-10(6-17)5-13(11)16/h2-5,7H,8H2,1H3,(H,18,19). The first-order chi connectivity index (χ1) is 9.10. The van der Waals surface area contributed by atoms with Crippen molar-refractivity contribution in [3.63, 3.8) is 0 Å². The van der Waals surface area contributed by atoms with Gasteiger partial charge in [-0.15, -0.1) is 0 Å². The third-order valence-electron chi connectivity index (χ3n) is 2.61. The maximum absolute atomic E-state index is 13.7. The molecule has 0 amide bonds. The third kappa shape index (κ3) is 3.30. The van der Waals surface area contributed by atoms with E-state index in [4.69, 9.17) is 5.26 Å². The summed E-state index contributed by atoms with van der Waals surface area (Å²) in [5, 5.41) is 11.7. The molecule has 0 aliphatic heterocycles. The first-order valence-electron chi connectivity index (χ1n) is 5.64. The molecule has 0 saturated carbocycles. The first-order valence-corrected chi connectivity index (χ1v) is 6.44. The van der Waals surface area contributed by atoms with E-state index < -0.39 is 5.82 Å². The number of nitriles is 1. The smallest absolute Gasteiger partial charge is 0.140 e. The number of hydrogen-bond acceptors (Lipinski definition) is 3. The van der Waals surface area contributed by atoms with Gasteiger partial charge in [-0.2, -0.15) is 5.26 Å². The van der Waals surface area contributed by atoms with E-state index in [0.29, 0.717) is 23.5 Å². The second-order valence-corrected chi connectivity index (χ2v) is 4.97. The van der Waals surface area contributed by atoms with E-state index >= 15 is 0 Å². The van der Waals surface area contributed by atoms with E-state index in [1.807, 2.05) is 19.1 Å². The molecule has 0 unspecified atom stereocenters. The number of aryl methyl sites for hydroxylation is 1. The van der Waals surface area contributed by atoms with E-state index in [9.17, 15) is 4.39 Å². The average molecular weight is 320 g/mol. The maximum Gasteiger partial charge on any atom is 0.140 e. The van der Waals surface area contributed by atoms with E-state index in [2.05, 4.69) is 26.2 Å². The summed E-state index contributed by atoms with van der Waals surface area (Å²) < 4.78 is 14.5. The highest BCUT2D eigenvalue weighted by molar-refractivity contribution is 9.10. The molecule has 2 aromatic rings. The van der Waals surface area contributed by atoms with E-state index in [-0.39, 0.29) is 0 Å². The van der Waals surface area contributed by atoms with Gasteiger partial charge < -0.3 is 5.32 Å². The van der Waals surface area contributed by atoms with Gasteiger partial charge in [0.05, 0.1) is 16.1 Å². The quantitative estimate of drug-likeness (QED) is 0.936. The van der Waals surface area contributed by atoms with Crippen LogP contribution in [0.15, 0.2) is 34.9 Å². The van der Waals surface area contributed by atoms with Crippen molar-refractivity contribution in [1.82, 2.24) is 4.98 Å². The Labute approximate surface area is 119 Å². The third-order valence-corrected chi connectivity index (χ3v) is 3.21. The molecule has 1 heterocycles. The average Bonchev–Trinajstić information content (AvgIpc) is 2.39. The molecule has 5 heteroatoms. The summed E-state index contributed by atoms with van der Waals surface area (Å²) in [5.74, 6) is 0.268. The number of aromatic nitrogens is 1. The van der Waals surface area contributed by atoms with Crippen LogP contribution in [0.5, 0.6) is 0 Å². The number of nitrogens with one attached hydrogen (secondary N) is 1. The largest absolute Gasteiger partial charge is 0.365 e. The molecule has 19 heavy (non-hydrogen) atoms. The lowest BCUT2D eigenvalue weighted by atomic mass is 10.1. The topological polar surface area (TPSA) is 48.7 Å². The predicted molar refractivity (Wildman–Crippen MR) is 75.1 cm³/mol. The van der Waals surface area contributed by atoms with Crippen molar-refractivity contribution >= 4 is 21.7 Å². The Morgan fingerprint density at radius 3 is 2.84 bits per heavy atom. The van der Waals surface area contributed by atoms with Crippen LogP contribution >= 0.6 is 15.9 Å². The van der Waals surface area contributed by atoms with Crippen molar-refractivity contribution in [2.75, 3.05) is 5.32 Å². The Morgan fingerprint density at radius 1 is 1.42 bits per heavy atom. The predicted octanol–water partition coefficient (Wildman–Crippen LogP) is 3.78. The summed E-state index contributed by atoms with van der Waals surface area (Å²) in [6.45, 7) is 2.26. The summed E-state index contributed by atoms with van der Waals surface area (Å²) >= 11 is 3.40. The highest BCUT2D eigenvalue weighted by Gasteiger charge is 2.06. The van der Waals surface area contributed by atoms with Crippen LogP contribution in [0.4, 0.5) is 10.2 Å². The molecular formula is C14H11BrFN3. The molecule has 0 fully saturated rings. The molecular weight excluding hydrogens is 309 g/mol. The minimum absolute atomic E-state index is 0.312. The molecule has 0 bridgehead atoms. The van der Waals surface area contributed by atoms with Crippen LogP contribution in [0.25, 0.3) is 0 Å². The maximum atomic E-state index is 13.7. The van der Waals surface area contributed by atoms with Gasteiger partial charge in [-0.05, 0) is 46.6 Å². The number of pyridine rings is 1. The zero-order valence-electron chi connectivity index (χ0n) is 10.2. The Kier molecular flexibility index (Phi) is 4.13. The first kappa shape index (κ1) is 13.5. The Morgan fingerprint density at radius 2 is 2.21 bits per heavy atom. The normalized spacial score (nSPS) is 10.0. The Bertz CT molecular complexity index is 650. The number of anilines is 1. The van der Waals surface area contributed by atoms with Gasteiger partial charge in [0.2, 0.25) is 0 Å². The van der Waals surface area contributed by atoms with Crippen molar-refractivity contribution in [3.8, 4) is 6.07 Å². The fourth-order valence-electron chi connectivity index (χ4n) is 1.60. The van der Waals surface area contributed by atoms with Gasteiger partial charge in [-0.25, -0.2) is 9.37 Å². The Balaban J connectivity index is 2.13. The van der Waals surface area contributed by atoms with Crippen LogP contribution in [0, 0.1) is 24.1 Å². The molecule has 2 rings (SSSR count). The van der Waals surface area contributed by atoms with Crippen molar-refractivity contribution in [2.24, 2.45) is 0 Å². The zero-order chi connectivity index (χ0) is 13.8. The van der Waals surface area contributed by atoms with Gasteiger partial charge in [0, 0.05) is 18.3 Å². The van der Waals surface area contributed by atoms with Gasteiger partial charge in [0.1, 0.15) is 11.6 Å². The summed E-state index contributed by atoms with van der Waals surface area (Å²) in [6.07, 6.45) is 1.74. The van der Waals surface area contributed by atoms with Gasteiger partial charge in [0.25, 0.3) is 0 Å². The van der Waals surface area contributed by atoms with E-state index in [1.165, 1.54) is 6.07 Å². The molecule has 1 N–H and O–H groups in total. The summed E-state index contributed by atoms with van der Waals surface area (Å²) in [5.41, 5.74) is 1.85. The van der Waals surface area contributed by atoms with Gasteiger partial charge in [-0.1, -0.05) is 6.07 Å². The fraction of sp³-hybridized carbons (Fsp3) is 0.143. The number of nitrogens with zero attached hydrogens (tertiary/aromatic N) is 2. The minimum Gasteiger partial charge on any atom is -0.365 e. The van der Waals surface area contributed by atoms with Crippen molar-refractivity contribution in [1.29, 1.82) is 5.26 Å². The highest BCUT2D eigenvalue weighted by atomic mass is 79.9. The molecule has 96 valence electrons. The second kappa shape index (κ2) is 5.81.